The Morgan fingerprint density at radius 2 is 2.05 bits per heavy atom. The van der Waals surface area contributed by atoms with Gasteiger partial charge in [-0.25, -0.2) is 13.8 Å². The number of amides is 1. The van der Waals surface area contributed by atoms with Gasteiger partial charge in [-0.2, -0.15) is 0 Å². The first-order valence-electron chi connectivity index (χ1n) is 13.0. The van der Waals surface area contributed by atoms with Crippen molar-refractivity contribution in [2.75, 3.05) is 18.4 Å². The minimum Gasteiger partial charge on any atom is -0.321 e. The molecule has 1 N–H and O–H groups in total. The lowest BCUT2D eigenvalue weighted by molar-refractivity contribution is 0.0564. The first-order valence-corrected chi connectivity index (χ1v) is 13.0. The molecule has 9 heteroatoms. The Kier molecular flexibility index (Phi) is 5.86. The molecule has 6 rings (SSSR count). The van der Waals surface area contributed by atoms with Gasteiger partial charge in [-0.3, -0.25) is 9.69 Å². The lowest BCUT2D eigenvalue weighted by Crippen LogP contribution is -2.25. The first kappa shape index (κ1) is 24.2. The molecule has 1 spiro atoms. The second-order valence-electron chi connectivity index (χ2n) is 11.3. The Bertz CT molecular complexity index is 1330. The van der Waals surface area contributed by atoms with Gasteiger partial charge < -0.3 is 9.88 Å². The SMILES string of the molecule is Cn1cnnc1[C@@H](F)C(C)(F)c1cccc(NC(=O)c2cc(CN3CCC4(CC4)C3)cc(C3CC3)n2)c1. The number of carbonyl (C=O) groups is 1. The Balaban J connectivity index is 1.20. The number of rotatable bonds is 8. The molecule has 3 aliphatic rings. The number of halogens is 2. The standard InChI is InChI=1S/C28H32F2N6O/c1-27(30,24(29)25-34-31-17-35(25)2)20-4-3-5-21(14-20)32-26(37)23-13-18(12-22(33-23)19-6-7-19)15-36-11-10-28(16-36)8-9-28/h3-5,12-14,17,19,24H,6-11,15-16H2,1-2H3,(H,32,37)/t24-,27?/m1/s1. The van der Waals surface area contributed by atoms with E-state index in [-0.39, 0.29) is 17.3 Å². The van der Waals surface area contributed by atoms with Crippen LogP contribution >= 0.6 is 0 Å². The molecule has 0 bridgehead atoms. The molecule has 2 aromatic heterocycles. The average Bonchev–Trinajstić information content (AvgIpc) is 3.78. The van der Waals surface area contributed by atoms with Crippen LogP contribution in [-0.2, 0) is 19.3 Å². The van der Waals surface area contributed by atoms with Crippen LogP contribution in [0, 0.1) is 5.41 Å². The summed E-state index contributed by atoms with van der Waals surface area (Å²) >= 11 is 0. The van der Waals surface area contributed by atoms with Crippen LogP contribution in [0.15, 0.2) is 42.7 Å². The van der Waals surface area contributed by atoms with Crippen molar-refractivity contribution in [3.8, 4) is 0 Å². The number of alkyl halides is 2. The Morgan fingerprint density at radius 3 is 2.73 bits per heavy atom. The van der Waals surface area contributed by atoms with Crippen molar-refractivity contribution in [2.24, 2.45) is 12.5 Å². The summed E-state index contributed by atoms with van der Waals surface area (Å²) in [6, 6.07) is 10.3. The molecular formula is C28H32F2N6O. The van der Waals surface area contributed by atoms with Crippen LogP contribution in [0.1, 0.15) is 84.3 Å². The minimum absolute atomic E-state index is 0.0985. The molecule has 1 aliphatic heterocycles. The third kappa shape index (κ3) is 4.89. The van der Waals surface area contributed by atoms with E-state index in [0.29, 0.717) is 22.7 Å². The minimum atomic E-state index is -2.37. The normalized spacial score (nSPS) is 21.1. The van der Waals surface area contributed by atoms with Crippen molar-refractivity contribution < 1.29 is 13.6 Å². The molecule has 1 unspecified atom stereocenters. The monoisotopic (exact) mass is 506 g/mol. The zero-order valence-electron chi connectivity index (χ0n) is 21.3. The van der Waals surface area contributed by atoms with Gasteiger partial charge >= 0.3 is 0 Å². The van der Waals surface area contributed by atoms with Gasteiger partial charge in [0.2, 0.25) is 0 Å². The summed E-state index contributed by atoms with van der Waals surface area (Å²) < 4.78 is 32.2. The van der Waals surface area contributed by atoms with Crippen LogP contribution in [0.3, 0.4) is 0 Å². The van der Waals surface area contributed by atoms with Crippen LogP contribution in [-0.4, -0.2) is 43.6 Å². The van der Waals surface area contributed by atoms with E-state index >= 15 is 8.78 Å². The first-order chi connectivity index (χ1) is 17.7. The van der Waals surface area contributed by atoms with Crippen LogP contribution in [0.25, 0.3) is 0 Å². The van der Waals surface area contributed by atoms with Crippen molar-refractivity contribution in [1.82, 2.24) is 24.6 Å². The molecule has 1 amide bonds. The molecule has 7 nitrogen and oxygen atoms in total. The summed E-state index contributed by atoms with van der Waals surface area (Å²) in [5.74, 6) is -0.0390. The number of nitrogens with one attached hydrogen (secondary N) is 1. The summed E-state index contributed by atoms with van der Waals surface area (Å²) in [7, 11) is 1.57. The van der Waals surface area contributed by atoms with E-state index in [1.165, 1.54) is 49.2 Å². The summed E-state index contributed by atoms with van der Waals surface area (Å²) in [4.78, 5) is 20.4. The lowest BCUT2D eigenvalue weighted by atomic mass is 9.92. The fraction of sp³-hybridized carbons (Fsp3) is 0.500. The average molecular weight is 507 g/mol. The second-order valence-corrected chi connectivity index (χ2v) is 11.3. The smallest absolute Gasteiger partial charge is 0.274 e. The number of pyridine rings is 1. The van der Waals surface area contributed by atoms with E-state index in [1.807, 2.05) is 6.07 Å². The van der Waals surface area contributed by atoms with Crippen molar-refractivity contribution in [2.45, 2.75) is 63.3 Å². The molecule has 2 aliphatic carbocycles. The topological polar surface area (TPSA) is 75.9 Å². The van der Waals surface area contributed by atoms with Crippen LogP contribution < -0.4 is 5.32 Å². The summed E-state index contributed by atoms with van der Waals surface area (Å²) in [5.41, 5.74) is 1.10. The highest BCUT2D eigenvalue weighted by Crippen LogP contribution is 2.53. The Labute approximate surface area is 215 Å². The molecule has 194 valence electrons. The summed E-state index contributed by atoms with van der Waals surface area (Å²) in [6.45, 7) is 4.22. The molecule has 1 aromatic carbocycles. The van der Waals surface area contributed by atoms with Crippen molar-refractivity contribution in [3.63, 3.8) is 0 Å². The number of carbonyl (C=O) groups excluding carboxylic acids is 1. The van der Waals surface area contributed by atoms with E-state index in [9.17, 15) is 4.79 Å². The molecule has 0 radical (unpaired) electrons. The largest absolute Gasteiger partial charge is 0.321 e. The predicted octanol–water partition coefficient (Wildman–Crippen LogP) is 5.22. The quantitative estimate of drug-likeness (QED) is 0.453. The molecule has 3 heterocycles. The maximum absolute atomic E-state index is 15.7. The molecule has 37 heavy (non-hydrogen) atoms. The van der Waals surface area contributed by atoms with Gasteiger partial charge in [0.15, 0.2) is 17.7 Å². The van der Waals surface area contributed by atoms with E-state index < -0.39 is 11.8 Å². The van der Waals surface area contributed by atoms with Crippen LogP contribution in [0.5, 0.6) is 0 Å². The number of hydrogen-bond acceptors (Lipinski definition) is 5. The van der Waals surface area contributed by atoms with Gasteiger partial charge in [0.25, 0.3) is 5.91 Å². The third-order valence-corrected chi connectivity index (χ3v) is 8.15. The summed E-state index contributed by atoms with van der Waals surface area (Å²) in [5, 5.41) is 10.2. The zero-order valence-corrected chi connectivity index (χ0v) is 21.3. The maximum atomic E-state index is 15.7. The number of anilines is 1. The van der Waals surface area contributed by atoms with Gasteiger partial charge in [-0.15, -0.1) is 10.2 Å². The van der Waals surface area contributed by atoms with E-state index in [0.717, 1.165) is 43.7 Å². The highest BCUT2D eigenvalue weighted by Gasteiger charge is 2.47. The predicted molar refractivity (Wildman–Crippen MR) is 135 cm³/mol. The molecular weight excluding hydrogens is 474 g/mol. The van der Waals surface area contributed by atoms with E-state index in [4.69, 9.17) is 0 Å². The molecule has 3 fully saturated rings. The number of aryl methyl sites for hydroxylation is 1. The zero-order chi connectivity index (χ0) is 25.8. The third-order valence-electron chi connectivity index (χ3n) is 8.15. The Hall–Kier alpha value is -3.20. The van der Waals surface area contributed by atoms with Crippen molar-refractivity contribution in [1.29, 1.82) is 0 Å². The maximum Gasteiger partial charge on any atom is 0.274 e. The molecule has 2 atom stereocenters. The molecule has 3 aromatic rings. The van der Waals surface area contributed by atoms with Gasteiger partial charge in [-0.1, -0.05) is 12.1 Å². The number of benzene rings is 1. The lowest BCUT2D eigenvalue weighted by Gasteiger charge is -2.25. The fourth-order valence-corrected chi connectivity index (χ4v) is 5.42. The van der Waals surface area contributed by atoms with Crippen LogP contribution in [0.4, 0.5) is 14.5 Å². The Morgan fingerprint density at radius 1 is 1.24 bits per heavy atom. The molecule has 1 saturated heterocycles. The highest BCUT2D eigenvalue weighted by atomic mass is 19.2. The van der Waals surface area contributed by atoms with E-state index in [2.05, 4.69) is 31.5 Å². The van der Waals surface area contributed by atoms with Gasteiger partial charge in [0.05, 0.1) is 0 Å². The molecule has 2 saturated carbocycles. The fourth-order valence-electron chi connectivity index (χ4n) is 5.42. The second kappa shape index (κ2) is 8.97. The number of aromatic nitrogens is 4. The summed E-state index contributed by atoms with van der Waals surface area (Å²) in [6.07, 6.45) is 5.43. The van der Waals surface area contributed by atoms with E-state index in [1.54, 1.807) is 19.2 Å². The van der Waals surface area contributed by atoms with Gasteiger partial charge in [0.1, 0.15) is 12.0 Å². The highest BCUT2D eigenvalue weighted by molar-refractivity contribution is 6.03. The van der Waals surface area contributed by atoms with Crippen LogP contribution in [0.2, 0.25) is 0 Å². The van der Waals surface area contributed by atoms with Crippen molar-refractivity contribution >= 4 is 11.6 Å². The number of nitrogens with zero attached hydrogens (tertiary/aromatic N) is 5. The number of hydrogen-bond donors (Lipinski definition) is 1. The van der Waals surface area contributed by atoms with Gasteiger partial charge in [0, 0.05) is 37.4 Å². The number of likely N-dealkylation sites (tertiary alicyclic amines) is 1. The van der Waals surface area contributed by atoms with Crippen molar-refractivity contribution in [3.05, 3.63) is 71.1 Å². The van der Waals surface area contributed by atoms with Gasteiger partial charge in [-0.05, 0) is 86.4 Å².